The molecule has 3 heteroatoms. The standard InChI is InChI=1S/C17H13BrN2/c18-15-8-6-14(7-9-15)17(12-20)16(10-11-19)13-4-2-1-3-5-13/h1-9,16-17H,10H2/t16-,17-/m1/s1. The highest BCUT2D eigenvalue weighted by Crippen LogP contribution is 2.35. The van der Waals surface area contributed by atoms with Crippen LogP contribution < -0.4 is 0 Å². The summed E-state index contributed by atoms with van der Waals surface area (Å²) in [7, 11) is 0. The highest BCUT2D eigenvalue weighted by molar-refractivity contribution is 9.10. The molecule has 0 aliphatic rings. The lowest BCUT2D eigenvalue weighted by Crippen LogP contribution is -2.09. The normalized spacial score (nSPS) is 12.9. The van der Waals surface area contributed by atoms with Gasteiger partial charge in [-0.05, 0) is 23.3 Å². The SMILES string of the molecule is N#CC[C@H](c1ccccc1)[C@H](C#N)c1ccc(Br)cc1. The van der Waals surface area contributed by atoms with Gasteiger partial charge < -0.3 is 0 Å². The van der Waals surface area contributed by atoms with Crippen LogP contribution in [0.25, 0.3) is 0 Å². The van der Waals surface area contributed by atoms with Gasteiger partial charge in [-0.25, -0.2) is 0 Å². The van der Waals surface area contributed by atoms with E-state index in [9.17, 15) is 5.26 Å². The van der Waals surface area contributed by atoms with Crippen LogP contribution in [-0.4, -0.2) is 0 Å². The van der Waals surface area contributed by atoms with Gasteiger partial charge in [0.25, 0.3) is 0 Å². The molecule has 2 rings (SSSR count). The highest BCUT2D eigenvalue weighted by atomic mass is 79.9. The summed E-state index contributed by atoms with van der Waals surface area (Å²) in [5.74, 6) is -0.419. The van der Waals surface area contributed by atoms with E-state index in [4.69, 9.17) is 5.26 Å². The minimum Gasteiger partial charge on any atom is -0.198 e. The molecule has 20 heavy (non-hydrogen) atoms. The fraction of sp³-hybridized carbons (Fsp3) is 0.176. The van der Waals surface area contributed by atoms with Crippen molar-refractivity contribution < 1.29 is 0 Å². The molecule has 0 saturated carbocycles. The van der Waals surface area contributed by atoms with E-state index >= 15 is 0 Å². The molecule has 0 aromatic heterocycles. The zero-order valence-corrected chi connectivity index (χ0v) is 12.4. The van der Waals surface area contributed by atoms with Gasteiger partial charge in [-0.3, -0.25) is 0 Å². The molecule has 0 radical (unpaired) electrons. The number of benzene rings is 2. The van der Waals surface area contributed by atoms with Crippen molar-refractivity contribution in [2.45, 2.75) is 18.3 Å². The van der Waals surface area contributed by atoms with Gasteiger partial charge in [0.2, 0.25) is 0 Å². The number of halogens is 1. The van der Waals surface area contributed by atoms with Crippen LogP contribution in [0.5, 0.6) is 0 Å². The first-order valence-corrected chi connectivity index (χ1v) is 7.12. The molecular formula is C17H13BrN2. The second kappa shape index (κ2) is 6.89. The van der Waals surface area contributed by atoms with E-state index in [1.807, 2.05) is 54.6 Å². The Bertz CT molecular complexity index is 635. The van der Waals surface area contributed by atoms with Crippen LogP contribution in [-0.2, 0) is 0 Å². The Balaban J connectivity index is 2.39. The first-order chi connectivity index (χ1) is 9.76. The predicted octanol–water partition coefficient (Wildman–Crippen LogP) is 4.75. The molecule has 0 fully saturated rings. The fourth-order valence-electron chi connectivity index (χ4n) is 2.29. The Labute approximate surface area is 127 Å². The quantitative estimate of drug-likeness (QED) is 0.814. The van der Waals surface area contributed by atoms with Gasteiger partial charge in [0.15, 0.2) is 0 Å². The lowest BCUT2D eigenvalue weighted by Gasteiger charge is -2.20. The molecule has 0 spiro atoms. The molecule has 0 amide bonds. The molecule has 0 heterocycles. The molecule has 0 saturated heterocycles. The van der Waals surface area contributed by atoms with Crippen LogP contribution in [0.4, 0.5) is 0 Å². The van der Waals surface area contributed by atoms with Crippen molar-refractivity contribution in [1.82, 2.24) is 0 Å². The van der Waals surface area contributed by atoms with Crippen molar-refractivity contribution in [2.75, 3.05) is 0 Å². The second-order valence-electron chi connectivity index (χ2n) is 4.54. The van der Waals surface area contributed by atoms with Crippen LogP contribution in [0.2, 0.25) is 0 Å². The maximum atomic E-state index is 9.54. The topological polar surface area (TPSA) is 47.6 Å². The minimum absolute atomic E-state index is 0.104. The maximum absolute atomic E-state index is 9.54. The third kappa shape index (κ3) is 3.26. The zero-order chi connectivity index (χ0) is 14.4. The summed E-state index contributed by atoms with van der Waals surface area (Å²) in [5.41, 5.74) is 1.98. The highest BCUT2D eigenvalue weighted by Gasteiger charge is 2.24. The van der Waals surface area contributed by atoms with Crippen LogP contribution in [0.15, 0.2) is 59.1 Å². The number of rotatable bonds is 4. The van der Waals surface area contributed by atoms with E-state index in [1.54, 1.807) is 0 Å². The summed E-state index contributed by atoms with van der Waals surface area (Å²) in [5, 5.41) is 18.6. The molecule has 0 unspecified atom stereocenters. The predicted molar refractivity (Wildman–Crippen MR) is 81.9 cm³/mol. The smallest absolute Gasteiger partial charge is 0.0791 e. The van der Waals surface area contributed by atoms with E-state index < -0.39 is 0 Å². The molecular weight excluding hydrogens is 312 g/mol. The lowest BCUT2D eigenvalue weighted by molar-refractivity contribution is 0.641. The minimum atomic E-state index is -0.315. The van der Waals surface area contributed by atoms with E-state index in [1.165, 1.54) is 0 Å². The lowest BCUT2D eigenvalue weighted by atomic mass is 9.80. The molecule has 2 aromatic rings. The third-order valence-corrected chi connectivity index (χ3v) is 3.84. The van der Waals surface area contributed by atoms with Crippen LogP contribution >= 0.6 is 15.9 Å². The van der Waals surface area contributed by atoms with Crippen LogP contribution in [0, 0.1) is 22.7 Å². The molecule has 0 N–H and O–H groups in total. The average molecular weight is 325 g/mol. The van der Waals surface area contributed by atoms with Crippen LogP contribution in [0.1, 0.15) is 29.4 Å². The molecule has 0 bridgehead atoms. The number of hydrogen-bond donors (Lipinski definition) is 0. The van der Waals surface area contributed by atoms with Gasteiger partial charge >= 0.3 is 0 Å². The molecule has 0 aliphatic heterocycles. The van der Waals surface area contributed by atoms with E-state index in [0.29, 0.717) is 6.42 Å². The summed E-state index contributed by atoms with van der Waals surface area (Å²) >= 11 is 3.39. The summed E-state index contributed by atoms with van der Waals surface area (Å²) in [6.45, 7) is 0. The van der Waals surface area contributed by atoms with Gasteiger partial charge in [-0.2, -0.15) is 10.5 Å². The van der Waals surface area contributed by atoms with E-state index in [-0.39, 0.29) is 11.8 Å². The fourth-order valence-corrected chi connectivity index (χ4v) is 2.56. The van der Waals surface area contributed by atoms with E-state index in [0.717, 1.165) is 15.6 Å². The summed E-state index contributed by atoms with van der Waals surface area (Å²) in [4.78, 5) is 0. The van der Waals surface area contributed by atoms with Gasteiger partial charge in [0, 0.05) is 16.8 Å². The van der Waals surface area contributed by atoms with Gasteiger partial charge in [0.05, 0.1) is 18.1 Å². The largest absolute Gasteiger partial charge is 0.198 e. The van der Waals surface area contributed by atoms with Crippen molar-refractivity contribution in [3.8, 4) is 12.1 Å². The Hall–Kier alpha value is -2.10. The van der Waals surface area contributed by atoms with Crippen molar-refractivity contribution in [3.05, 3.63) is 70.2 Å². The molecule has 2 atom stereocenters. The van der Waals surface area contributed by atoms with Crippen LogP contribution in [0.3, 0.4) is 0 Å². The maximum Gasteiger partial charge on any atom is 0.0791 e. The number of hydrogen-bond acceptors (Lipinski definition) is 2. The first kappa shape index (κ1) is 14.3. The van der Waals surface area contributed by atoms with Crippen molar-refractivity contribution in [1.29, 1.82) is 10.5 Å². The number of nitrogens with zero attached hydrogens (tertiary/aromatic N) is 2. The Kier molecular flexibility index (Phi) is 4.93. The Morgan fingerprint density at radius 3 is 2.10 bits per heavy atom. The summed E-state index contributed by atoms with van der Waals surface area (Å²) < 4.78 is 0.981. The zero-order valence-electron chi connectivity index (χ0n) is 10.8. The first-order valence-electron chi connectivity index (χ1n) is 6.33. The third-order valence-electron chi connectivity index (χ3n) is 3.31. The van der Waals surface area contributed by atoms with Gasteiger partial charge in [0.1, 0.15) is 0 Å². The number of nitriles is 2. The Morgan fingerprint density at radius 2 is 1.55 bits per heavy atom. The molecule has 2 aromatic carbocycles. The van der Waals surface area contributed by atoms with Crippen molar-refractivity contribution >= 4 is 15.9 Å². The molecule has 98 valence electrons. The summed E-state index contributed by atoms with van der Waals surface area (Å²) in [6.07, 6.45) is 0.332. The second-order valence-corrected chi connectivity index (χ2v) is 5.45. The van der Waals surface area contributed by atoms with E-state index in [2.05, 4.69) is 28.1 Å². The summed E-state index contributed by atoms with van der Waals surface area (Å²) in [6, 6.07) is 22.1. The Morgan fingerprint density at radius 1 is 0.900 bits per heavy atom. The molecule has 2 nitrogen and oxygen atoms in total. The average Bonchev–Trinajstić information content (AvgIpc) is 2.50. The van der Waals surface area contributed by atoms with Gasteiger partial charge in [-0.1, -0.05) is 58.4 Å². The van der Waals surface area contributed by atoms with Gasteiger partial charge in [-0.15, -0.1) is 0 Å². The van der Waals surface area contributed by atoms with Crippen molar-refractivity contribution in [3.63, 3.8) is 0 Å². The monoisotopic (exact) mass is 324 g/mol. The van der Waals surface area contributed by atoms with Crippen molar-refractivity contribution in [2.24, 2.45) is 0 Å². The molecule has 0 aliphatic carbocycles.